The van der Waals surface area contributed by atoms with E-state index in [4.69, 9.17) is 16.7 Å². The maximum absolute atomic E-state index is 12.5. The lowest BCUT2D eigenvalue weighted by molar-refractivity contribution is -0.115. The lowest BCUT2D eigenvalue weighted by atomic mass is 10.0. The van der Waals surface area contributed by atoms with Crippen LogP contribution in [0.1, 0.15) is 39.3 Å². The summed E-state index contributed by atoms with van der Waals surface area (Å²) in [5.74, 6) is -0.0819. The molecule has 0 fully saturated rings. The number of carbonyl (C=O) groups excluding carboxylic acids is 1. The molecule has 2 aromatic heterocycles. The molecule has 0 aliphatic rings. The Hall–Kier alpha value is -2.96. The van der Waals surface area contributed by atoms with Crippen LogP contribution < -0.4 is 5.32 Å². The highest BCUT2D eigenvalue weighted by Crippen LogP contribution is 2.26. The Bertz CT molecular complexity index is 1290. The molecule has 2 heterocycles. The number of hydrogen-bond acceptors (Lipinski definition) is 4. The Morgan fingerprint density at radius 1 is 1.12 bits per heavy atom. The first-order valence-electron chi connectivity index (χ1n) is 10.4. The van der Waals surface area contributed by atoms with Gasteiger partial charge in [-0.1, -0.05) is 47.5 Å². The van der Waals surface area contributed by atoms with Gasteiger partial charge in [0.05, 0.1) is 17.8 Å². The quantitative estimate of drug-likeness (QED) is 0.381. The van der Waals surface area contributed by atoms with Crippen molar-refractivity contribution in [2.24, 2.45) is 0 Å². The van der Waals surface area contributed by atoms with Crippen molar-refractivity contribution in [3.8, 4) is 5.13 Å². The highest BCUT2D eigenvalue weighted by molar-refractivity contribution is 7.12. The van der Waals surface area contributed by atoms with Crippen molar-refractivity contribution in [3.63, 3.8) is 0 Å². The standard InChI is InChI=1S/C25H25ClN4OS/c1-15-9-10-23(16(2)11-15)28-24(31)13-20-14-32-25(27-20)30-18(4)21(17(3)29-30)12-19-7-5-6-8-22(19)26/h5-11,14H,12-13H2,1-4H3,(H,28,31). The molecule has 7 heteroatoms. The zero-order chi connectivity index (χ0) is 22.8. The van der Waals surface area contributed by atoms with Gasteiger partial charge in [0.2, 0.25) is 11.0 Å². The van der Waals surface area contributed by atoms with E-state index in [0.29, 0.717) is 6.42 Å². The minimum Gasteiger partial charge on any atom is -0.326 e. The van der Waals surface area contributed by atoms with Crippen molar-refractivity contribution in [1.82, 2.24) is 14.8 Å². The zero-order valence-corrected chi connectivity index (χ0v) is 20.1. The van der Waals surface area contributed by atoms with Crippen LogP contribution >= 0.6 is 22.9 Å². The molecule has 164 valence electrons. The van der Waals surface area contributed by atoms with E-state index < -0.39 is 0 Å². The van der Waals surface area contributed by atoms with Crippen molar-refractivity contribution in [1.29, 1.82) is 0 Å². The Balaban J connectivity index is 1.50. The van der Waals surface area contributed by atoms with E-state index in [1.54, 1.807) is 0 Å². The van der Waals surface area contributed by atoms with Crippen molar-refractivity contribution in [3.05, 3.63) is 92.2 Å². The van der Waals surface area contributed by atoms with Crippen molar-refractivity contribution in [2.75, 3.05) is 5.32 Å². The fraction of sp³-hybridized carbons (Fsp3) is 0.240. The lowest BCUT2D eigenvalue weighted by Crippen LogP contribution is -2.15. The number of nitrogens with one attached hydrogen (secondary N) is 1. The summed E-state index contributed by atoms with van der Waals surface area (Å²) in [5, 5.41) is 11.1. The van der Waals surface area contributed by atoms with Gasteiger partial charge in [-0.15, -0.1) is 11.3 Å². The largest absolute Gasteiger partial charge is 0.326 e. The second-order valence-electron chi connectivity index (χ2n) is 7.99. The number of aryl methyl sites for hydroxylation is 3. The van der Waals surface area contributed by atoms with Crippen LogP contribution in [-0.4, -0.2) is 20.7 Å². The van der Waals surface area contributed by atoms with Crippen LogP contribution in [-0.2, 0) is 17.6 Å². The molecular weight excluding hydrogens is 440 g/mol. The Morgan fingerprint density at radius 2 is 1.91 bits per heavy atom. The molecule has 0 aliphatic carbocycles. The SMILES string of the molecule is Cc1ccc(NC(=O)Cc2csc(-n3nc(C)c(Cc4ccccc4Cl)c3C)n2)c(C)c1. The van der Waals surface area contributed by atoms with Gasteiger partial charge in [0, 0.05) is 33.8 Å². The third-order valence-corrected chi connectivity index (χ3v) is 6.72. The number of aromatic nitrogens is 3. The first-order valence-corrected chi connectivity index (χ1v) is 11.7. The van der Waals surface area contributed by atoms with E-state index in [1.165, 1.54) is 16.9 Å². The minimum absolute atomic E-state index is 0.0819. The van der Waals surface area contributed by atoms with Gasteiger partial charge in [0.15, 0.2) is 0 Å². The van der Waals surface area contributed by atoms with Crippen molar-refractivity contribution in [2.45, 2.75) is 40.5 Å². The number of halogens is 1. The maximum Gasteiger partial charge on any atom is 0.230 e. The number of anilines is 1. The highest BCUT2D eigenvalue weighted by Gasteiger charge is 2.17. The molecular formula is C25H25ClN4OS. The van der Waals surface area contributed by atoms with Crippen LogP contribution in [0.4, 0.5) is 5.69 Å². The van der Waals surface area contributed by atoms with Crippen LogP contribution in [0.3, 0.4) is 0 Å². The van der Waals surface area contributed by atoms with Gasteiger partial charge in [0.1, 0.15) is 0 Å². The fourth-order valence-electron chi connectivity index (χ4n) is 3.74. The topological polar surface area (TPSA) is 59.8 Å². The smallest absolute Gasteiger partial charge is 0.230 e. The van der Waals surface area contributed by atoms with E-state index >= 15 is 0 Å². The Morgan fingerprint density at radius 3 is 2.66 bits per heavy atom. The molecule has 4 aromatic rings. The first-order chi connectivity index (χ1) is 15.3. The van der Waals surface area contributed by atoms with E-state index in [-0.39, 0.29) is 12.3 Å². The van der Waals surface area contributed by atoms with Crippen LogP contribution in [0.2, 0.25) is 5.02 Å². The van der Waals surface area contributed by atoms with Gasteiger partial charge in [-0.3, -0.25) is 4.79 Å². The second kappa shape index (κ2) is 9.27. The number of thiazole rings is 1. The van der Waals surface area contributed by atoms with Crippen LogP contribution in [0.25, 0.3) is 5.13 Å². The number of hydrogen-bond donors (Lipinski definition) is 1. The summed E-state index contributed by atoms with van der Waals surface area (Å²) in [4.78, 5) is 17.2. The zero-order valence-electron chi connectivity index (χ0n) is 18.6. The molecule has 32 heavy (non-hydrogen) atoms. The van der Waals surface area contributed by atoms with E-state index in [9.17, 15) is 4.79 Å². The summed E-state index contributed by atoms with van der Waals surface area (Å²) in [6.07, 6.45) is 0.934. The number of carbonyl (C=O) groups is 1. The van der Waals surface area contributed by atoms with Gasteiger partial charge in [-0.05, 0) is 51.0 Å². The molecule has 4 rings (SSSR count). The molecule has 0 saturated heterocycles. The molecule has 0 aliphatic heterocycles. The summed E-state index contributed by atoms with van der Waals surface area (Å²) in [6.45, 7) is 8.07. The highest BCUT2D eigenvalue weighted by atomic mass is 35.5. The second-order valence-corrected chi connectivity index (χ2v) is 9.24. The molecule has 0 unspecified atom stereocenters. The molecule has 0 radical (unpaired) electrons. The Kier molecular flexibility index (Phi) is 6.44. The van der Waals surface area contributed by atoms with Crippen LogP contribution in [0, 0.1) is 27.7 Å². The normalized spacial score (nSPS) is 11.0. The van der Waals surface area contributed by atoms with Gasteiger partial charge in [-0.25, -0.2) is 9.67 Å². The van der Waals surface area contributed by atoms with Crippen LogP contribution in [0.5, 0.6) is 0 Å². The molecule has 0 saturated carbocycles. The van der Waals surface area contributed by atoms with Crippen molar-refractivity contribution >= 4 is 34.5 Å². The number of benzene rings is 2. The molecule has 0 bridgehead atoms. The molecule has 2 aromatic carbocycles. The van der Waals surface area contributed by atoms with E-state index in [1.807, 2.05) is 74.2 Å². The summed E-state index contributed by atoms with van der Waals surface area (Å²) in [5.41, 5.74) is 7.97. The Labute approximate surface area is 197 Å². The molecule has 0 spiro atoms. The molecule has 5 nitrogen and oxygen atoms in total. The average Bonchev–Trinajstić information content (AvgIpc) is 3.31. The summed E-state index contributed by atoms with van der Waals surface area (Å²) in [6, 6.07) is 13.9. The minimum atomic E-state index is -0.0819. The maximum atomic E-state index is 12.5. The predicted octanol–water partition coefficient (Wildman–Crippen LogP) is 5.99. The third-order valence-electron chi connectivity index (χ3n) is 5.48. The summed E-state index contributed by atoms with van der Waals surface area (Å²) in [7, 11) is 0. The molecule has 1 amide bonds. The monoisotopic (exact) mass is 464 g/mol. The average molecular weight is 465 g/mol. The van der Waals surface area contributed by atoms with Gasteiger partial charge in [0.25, 0.3) is 0 Å². The fourth-order valence-corrected chi connectivity index (χ4v) is 4.76. The number of rotatable bonds is 6. The van der Waals surface area contributed by atoms with E-state index in [2.05, 4.69) is 16.4 Å². The number of nitrogens with zero attached hydrogens (tertiary/aromatic N) is 3. The van der Waals surface area contributed by atoms with Gasteiger partial charge in [-0.2, -0.15) is 5.10 Å². The van der Waals surface area contributed by atoms with E-state index in [0.717, 1.165) is 49.6 Å². The number of amides is 1. The van der Waals surface area contributed by atoms with Gasteiger partial charge >= 0.3 is 0 Å². The lowest BCUT2D eigenvalue weighted by Gasteiger charge is -2.08. The van der Waals surface area contributed by atoms with Crippen molar-refractivity contribution < 1.29 is 4.79 Å². The molecule has 1 N–H and O–H groups in total. The van der Waals surface area contributed by atoms with Crippen LogP contribution in [0.15, 0.2) is 47.8 Å². The summed E-state index contributed by atoms with van der Waals surface area (Å²) >= 11 is 7.84. The third kappa shape index (κ3) is 4.76. The summed E-state index contributed by atoms with van der Waals surface area (Å²) < 4.78 is 1.86. The predicted molar refractivity (Wildman–Crippen MR) is 131 cm³/mol. The van der Waals surface area contributed by atoms with Gasteiger partial charge < -0.3 is 5.32 Å². The first kappa shape index (κ1) is 22.2. The molecule has 0 atom stereocenters.